The summed E-state index contributed by atoms with van der Waals surface area (Å²) in [6.45, 7) is 1.63. The summed E-state index contributed by atoms with van der Waals surface area (Å²) in [4.78, 5) is 20.3. The molecule has 0 aliphatic heterocycles. The number of hydrogen-bond acceptors (Lipinski definition) is 4. The van der Waals surface area contributed by atoms with Crippen LogP contribution < -0.4 is 5.32 Å². The summed E-state index contributed by atoms with van der Waals surface area (Å²) in [5.74, 6) is 0.123. The quantitative estimate of drug-likeness (QED) is 0.320. The van der Waals surface area contributed by atoms with Crippen LogP contribution in [-0.2, 0) is 19.4 Å². The monoisotopic (exact) mass is 389 g/mol. The van der Waals surface area contributed by atoms with Crippen LogP contribution in [0.5, 0.6) is 0 Å². The van der Waals surface area contributed by atoms with Gasteiger partial charge in [-0.2, -0.15) is 0 Å². The number of Topliss-reactive ketones (excluding diaryl/α,β-unsaturated/α-hetero) is 1. The molecule has 2 aromatic carbocycles. The zero-order chi connectivity index (χ0) is 19.2. The Balaban J connectivity index is 1.22. The molecule has 2 heterocycles. The number of rotatable bonds is 9. The van der Waals surface area contributed by atoms with Gasteiger partial charge in [0.05, 0.1) is 5.01 Å². The van der Waals surface area contributed by atoms with E-state index in [1.165, 1.54) is 16.6 Å². The van der Waals surface area contributed by atoms with E-state index in [9.17, 15) is 4.79 Å². The van der Waals surface area contributed by atoms with Gasteiger partial charge in [-0.05, 0) is 29.5 Å². The van der Waals surface area contributed by atoms with E-state index in [2.05, 4.69) is 51.7 Å². The average Bonchev–Trinajstić information content (AvgIpc) is 3.37. The summed E-state index contributed by atoms with van der Waals surface area (Å²) < 4.78 is 0. The van der Waals surface area contributed by atoms with Gasteiger partial charge in [-0.3, -0.25) is 4.79 Å². The smallest absolute Gasteiger partial charge is 0.182 e. The largest absolute Gasteiger partial charge is 0.357 e. The van der Waals surface area contributed by atoms with E-state index in [-0.39, 0.29) is 5.78 Å². The molecule has 4 rings (SSSR count). The molecule has 0 fully saturated rings. The molecule has 0 saturated carbocycles. The van der Waals surface area contributed by atoms with Crippen molar-refractivity contribution in [3.8, 4) is 0 Å². The number of aryl methyl sites for hydroxylation is 1. The van der Waals surface area contributed by atoms with E-state index < -0.39 is 0 Å². The topological polar surface area (TPSA) is 57.8 Å². The van der Waals surface area contributed by atoms with Gasteiger partial charge in [-0.1, -0.05) is 48.5 Å². The Morgan fingerprint density at radius 3 is 2.71 bits per heavy atom. The van der Waals surface area contributed by atoms with Crippen molar-refractivity contribution < 1.29 is 4.79 Å². The number of carbonyl (C=O) groups excluding carboxylic acids is 1. The Morgan fingerprint density at radius 1 is 1.04 bits per heavy atom. The molecule has 2 N–H and O–H groups in total. The molecular weight excluding hydrogens is 366 g/mol. The van der Waals surface area contributed by atoms with Crippen LogP contribution >= 0.6 is 11.3 Å². The molecule has 0 bridgehead atoms. The molecule has 5 heteroatoms. The van der Waals surface area contributed by atoms with Crippen LogP contribution in [0, 0.1) is 0 Å². The van der Waals surface area contributed by atoms with Crippen LogP contribution in [-0.4, -0.2) is 22.3 Å². The van der Waals surface area contributed by atoms with Crippen molar-refractivity contribution in [1.82, 2.24) is 15.3 Å². The highest BCUT2D eigenvalue weighted by molar-refractivity contribution is 7.09. The van der Waals surface area contributed by atoms with Crippen molar-refractivity contribution in [2.24, 2.45) is 0 Å². The standard InChI is InChI=1S/C23H23N3OS/c27-22(11-10-17-6-2-1-3-7-17)21-16-28-23(26-21)12-13-24-15-19-14-18-8-4-5-9-20(18)25-19/h1-9,14,16,24-25H,10-13,15H2. The van der Waals surface area contributed by atoms with E-state index >= 15 is 0 Å². The lowest BCUT2D eigenvalue weighted by Gasteiger charge is -2.01. The fraction of sp³-hybridized carbons (Fsp3) is 0.217. The normalized spacial score (nSPS) is 11.1. The molecular formula is C23H23N3OS. The number of benzene rings is 2. The SMILES string of the molecule is O=C(CCc1ccccc1)c1csc(CCNCc2cc3ccccc3[nH]2)n1. The third-order valence-corrected chi connectivity index (χ3v) is 5.65. The summed E-state index contributed by atoms with van der Waals surface area (Å²) >= 11 is 1.57. The second-order valence-corrected chi connectivity index (χ2v) is 7.79. The molecule has 0 aliphatic carbocycles. The molecule has 0 aliphatic rings. The van der Waals surface area contributed by atoms with Crippen LogP contribution in [0.3, 0.4) is 0 Å². The van der Waals surface area contributed by atoms with Crippen LogP contribution in [0.25, 0.3) is 10.9 Å². The first-order valence-corrected chi connectivity index (χ1v) is 10.4. The highest BCUT2D eigenvalue weighted by atomic mass is 32.1. The number of fused-ring (bicyclic) bond motifs is 1. The maximum Gasteiger partial charge on any atom is 0.182 e. The molecule has 0 saturated heterocycles. The van der Waals surface area contributed by atoms with Gasteiger partial charge < -0.3 is 10.3 Å². The third-order valence-electron chi connectivity index (χ3n) is 4.74. The maximum absolute atomic E-state index is 12.4. The first-order chi connectivity index (χ1) is 13.8. The number of hydrogen-bond donors (Lipinski definition) is 2. The minimum atomic E-state index is 0.123. The van der Waals surface area contributed by atoms with Gasteiger partial charge in [0.2, 0.25) is 0 Å². The van der Waals surface area contributed by atoms with Crippen LogP contribution in [0.2, 0.25) is 0 Å². The number of nitrogens with zero attached hydrogens (tertiary/aromatic N) is 1. The number of ketones is 1. The summed E-state index contributed by atoms with van der Waals surface area (Å²) in [5, 5.41) is 7.58. The molecule has 0 spiro atoms. The molecule has 0 unspecified atom stereocenters. The van der Waals surface area contributed by atoms with Crippen LogP contribution in [0.4, 0.5) is 0 Å². The number of aromatic nitrogens is 2. The molecule has 4 aromatic rings. The van der Waals surface area contributed by atoms with Crippen molar-refractivity contribution in [2.75, 3.05) is 6.54 Å². The molecule has 0 amide bonds. The van der Waals surface area contributed by atoms with E-state index in [4.69, 9.17) is 0 Å². The molecule has 0 atom stereocenters. The van der Waals surface area contributed by atoms with Gasteiger partial charge in [0.25, 0.3) is 0 Å². The molecule has 4 nitrogen and oxygen atoms in total. The number of aromatic amines is 1. The van der Waals surface area contributed by atoms with Gasteiger partial charge in [0.1, 0.15) is 5.69 Å². The van der Waals surface area contributed by atoms with E-state index in [1.807, 2.05) is 29.6 Å². The lowest BCUT2D eigenvalue weighted by molar-refractivity contribution is 0.0978. The number of para-hydroxylation sites is 1. The van der Waals surface area contributed by atoms with Gasteiger partial charge in [0, 0.05) is 42.5 Å². The maximum atomic E-state index is 12.4. The molecule has 142 valence electrons. The van der Waals surface area contributed by atoms with Crippen LogP contribution in [0.1, 0.15) is 33.2 Å². The number of nitrogens with one attached hydrogen (secondary N) is 2. The lowest BCUT2D eigenvalue weighted by Crippen LogP contribution is -2.16. The summed E-state index contributed by atoms with van der Waals surface area (Å²) in [5.41, 5.74) is 4.13. The fourth-order valence-corrected chi connectivity index (χ4v) is 4.03. The van der Waals surface area contributed by atoms with Gasteiger partial charge >= 0.3 is 0 Å². The minimum Gasteiger partial charge on any atom is -0.357 e. The number of H-pyrrole nitrogens is 1. The number of thiazole rings is 1. The first-order valence-electron chi connectivity index (χ1n) is 9.57. The van der Waals surface area contributed by atoms with Gasteiger partial charge in [-0.15, -0.1) is 11.3 Å². The Kier molecular flexibility index (Phi) is 5.95. The average molecular weight is 390 g/mol. The molecule has 28 heavy (non-hydrogen) atoms. The predicted octanol–water partition coefficient (Wildman–Crippen LogP) is 4.77. The highest BCUT2D eigenvalue weighted by Crippen LogP contribution is 2.15. The second kappa shape index (κ2) is 8.95. The van der Waals surface area contributed by atoms with Crippen molar-refractivity contribution >= 4 is 28.0 Å². The van der Waals surface area contributed by atoms with Gasteiger partial charge in [-0.25, -0.2) is 4.98 Å². The Bertz CT molecular complexity index is 1020. The van der Waals surface area contributed by atoms with E-state index in [0.717, 1.165) is 36.5 Å². The van der Waals surface area contributed by atoms with Crippen molar-refractivity contribution in [1.29, 1.82) is 0 Å². The molecule has 2 aromatic heterocycles. The summed E-state index contributed by atoms with van der Waals surface area (Å²) in [6.07, 6.45) is 2.10. The van der Waals surface area contributed by atoms with Crippen LogP contribution in [0.15, 0.2) is 66.0 Å². The van der Waals surface area contributed by atoms with Crippen molar-refractivity contribution in [2.45, 2.75) is 25.8 Å². The second-order valence-electron chi connectivity index (χ2n) is 6.84. The molecule has 0 radical (unpaired) electrons. The highest BCUT2D eigenvalue weighted by Gasteiger charge is 2.11. The lowest BCUT2D eigenvalue weighted by atomic mass is 10.1. The first kappa shape index (κ1) is 18.6. The van der Waals surface area contributed by atoms with E-state index in [1.54, 1.807) is 11.3 Å². The predicted molar refractivity (Wildman–Crippen MR) is 115 cm³/mol. The van der Waals surface area contributed by atoms with Crippen molar-refractivity contribution in [3.63, 3.8) is 0 Å². The van der Waals surface area contributed by atoms with Crippen molar-refractivity contribution in [3.05, 3.63) is 88.0 Å². The Hall–Kier alpha value is -2.76. The third kappa shape index (κ3) is 4.74. The zero-order valence-corrected chi connectivity index (χ0v) is 16.5. The van der Waals surface area contributed by atoms with Gasteiger partial charge in [0.15, 0.2) is 5.78 Å². The zero-order valence-electron chi connectivity index (χ0n) is 15.7. The fourth-order valence-electron chi connectivity index (χ4n) is 3.23. The van der Waals surface area contributed by atoms with E-state index in [0.29, 0.717) is 12.1 Å². The Labute approximate surface area is 168 Å². The Morgan fingerprint density at radius 2 is 1.86 bits per heavy atom. The number of carbonyl (C=O) groups is 1. The minimum absolute atomic E-state index is 0.123. The summed E-state index contributed by atoms with van der Waals surface area (Å²) in [7, 11) is 0. The summed E-state index contributed by atoms with van der Waals surface area (Å²) in [6, 6.07) is 20.6.